The van der Waals surface area contributed by atoms with Crippen molar-refractivity contribution in [3.63, 3.8) is 0 Å². The van der Waals surface area contributed by atoms with Crippen LogP contribution in [0.4, 0.5) is 0 Å². The van der Waals surface area contributed by atoms with E-state index >= 15 is 0 Å². The largest absolute Gasteiger partial charge is 0.496 e. The average Bonchev–Trinajstić information content (AvgIpc) is 3.05. The first kappa shape index (κ1) is 17.5. The molecule has 3 aromatic rings. The van der Waals surface area contributed by atoms with Gasteiger partial charge in [-0.1, -0.05) is 18.2 Å². The van der Waals surface area contributed by atoms with Gasteiger partial charge in [-0.2, -0.15) is 5.10 Å². The highest BCUT2D eigenvalue weighted by Gasteiger charge is 2.21. The Bertz CT molecular complexity index is 928. The van der Waals surface area contributed by atoms with Gasteiger partial charge in [0.15, 0.2) is 0 Å². The Labute approximate surface area is 151 Å². The third kappa shape index (κ3) is 3.15. The second kappa shape index (κ2) is 7.29. The maximum Gasteiger partial charge on any atom is 0.251 e. The van der Waals surface area contributed by atoms with E-state index in [4.69, 9.17) is 4.74 Å². The number of methoxy groups -OCH3 is 1. The molecule has 1 fully saturated rings. The van der Waals surface area contributed by atoms with Gasteiger partial charge < -0.3 is 15.0 Å². The average molecular weight is 361 g/mol. The van der Waals surface area contributed by atoms with Crippen LogP contribution in [0.2, 0.25) is 0 Å². The van der Waals surface area contributed by atoms with Crippen LogP contribution in [0.3, 0.4) is 0 Å². The van der Waals surface area contributed by atoms with Crippen LogP contribution in [0.5, 0.6) is 5.75 Å². The van der Waals surface area contributed by atoms with Crippen LogP contribution in [0.25, 0.3) is 16.8 Å². The lowest BCUT2D eigenvalue weighted by atomic mass is 9.94. The number of hydrogen-bond acceptors (Lipinski definition) is 4. The number of nitrogens with zero attached hydrogens (tertiary/aromatic N) is 2. The number of hydrogen-bond donors (Lipinski definition) is 2. The molecule has 2 aromatic heterocycles. The first-order chi connectivity index (χ1) is 11.8. The summed E-state index contributed by atoms with van der Waals surface area (Å²) < 4.78 is 7.33. The Morgan fingerprint density at radius 1 is 1.20 bits per heavy atom. The molecule has 0 amide bonds. The molecule has 1 aliphatic rings. The molecule has 25 heavy (non-hydrogen) atoms. The van der Waals surface area contributed by atoms with Crippen LogP contribution in [0.15, 0.2) is 41.3 Å². The number of piperidine rings is 1. The Hall–Kier alpha value is -2.31. The highest BCUT2D eigenvalue weighted by molar-refractivity contribution is 5.85. The first-order valence-corrected chi connectivity index (χ1v) is 8.23. The number of aromatic amines is 1. The fraction of sp³-hybridized carbons (Fsp3) is 0.333. The third-order valence-electron chi connectivity index (χ3n) is 4.69. The van der Waals surface area contributed by atoms with Crippen molar-refractivity contribution in [3.8, 4) is 16.9 Å². The highest BCUT2D eigenvalue weighted by atomic mass is 35.5. The summed E-state index contributed by atoms with van der Waals surface area (Å²) >= 11 is 0. The van der Waals surface area contributed by atoms with E-state index in [1.54, 1.807) is 19.4 Å². The van der Waals surface area contributed by atoms with Crippen molar-refractivity contribution in [2.24, 2.45) is 0 Å². The molecule has 2 N–H and O–H groups in total. The van der Waals surface area contributed by atoms with Crippen LogP contribution in [0, 0.1) is 0 Å². The summed E-state index contributed by atoms with van der Waals surface area (Å²) in [6.07, 6.45) is 3.83. The highest BCUT2D eigenvalue weighted by Crippen LogP contribution is 2.33. The number of fused-ring (bicyclic) bond motifs is 1. The first-order valence-electron chi connectivity index (χ1n) is 8.23. The second-order valence-electron chi connectivity index (χ2n) is 6.10. The minimum Gasteiger partial charge on any atom is -0.496 e. The maximum absolute atomic E-state index is 12.2. The molecule has 132 valence electrons. The fourth-order valence-electron chi connectivity index (χ4n) is 3.49. The molecular weight excluding hydrogens is 340 g/mol. The van der Waals surface area contributed by atoms with Crippen molar-refractivity contribution in [2.75, 3.05) is 20.2 Å². The van der Waals surface area contributed by atoms with E-state index < -0.39 is 0 Å². The molecule has 0 saturated carbocycles. The van der Waals surface area contributed by atoms with E-state index in [1.807, 2.05) is 28.8 Å². The second-order valence-corrected chi connectivity index (χ2v) is 6.10. The van der Waals surface area contributed by atoms with Crippen LogP contribution in [-0.2, 0) is 0 Å². The lowest BCUT2D eigenvalue weighted by Crippen LogP contribution is -2.28. The van der Waals surface area contributed by atoms with Gasteiger partial charge in [-0.25, -0.2) is 4.52 Å². The van der Waals surface area contributed by atoms with E-state index in [2.05, 4.69) is 15.4 Å². The van der Waals surface area contributed by atoms with Gasteiger partial charge in [-0.3, -0.25) is 4.79 Å². The molecule has 0 aliphatic carbocycles. The summed E-state index contributed by atoms with van der Waals surface area (Å²) in [5.74, 6) is 1.11. The molecule has 0 atom stereocenters. The van der Waals surface area contributed by atoms with E-state index in [9.17, 15) is 4.79 Å². The van der Waals surface area contributed by atoms with Crippen molar-refractivity contribution in [2.45, 2.75) is 18.8 Å². The van der Waals surface area contributed by atoms with Gasteiger partial charge in [0, 0.05) is 23.1 Å². The summed E-state index contributed by atoms with van der Waals surface area (Å²) in [5.41, 5.74) is 3.41. The van der Waals surface area contributed by atoms with Gasteiger partial charge in [-0.15, -0.1) is 12.4 Å². The zero-order valence-electron chi connectivity index (χ0n) is 14.0. The number of H-pyrrole nitrogens is 1. The molecule has 7 heteroatoms. The van der Waals surface area contributed by atoms with E-state index in [0.29, 0.717) is 5.92 Å². The van der Waals surface area contributed by atoms with E-state index in [0.717, 1.165) is 54.1 Å². The van der Waals surface area contributed by atoms with Crippen LogP contribution in [0.1, 0.15) is 24.5 Å². The number of aromatic nitrogens is 3. The summed E-state index contributed by atoms with van der Waals surface area (Å²) in [7, 11) is 1.65. The smallest absolute Gasteiger partial charge is 0.251 e. The zero-order valence-corrected chi connectivity index (χ0v) is 14.8. The van der Waals surface area contributed by atoms with Gasteiger partial charge in [0.2, 0.25) is 0 Å². The molecule has 6 nitrogen and oxygen atoms in total. The van der Waals surface area contributed by atoms with Crippen molar-refractivity contribution in [1.82, 2.24) is 19.9 Å². The molecule has 0 bridgehead atoms. The molecule has 4 rings (SSSR count). The summed E-state index contributed by atoms with van der Waals surface area (Å²) in [5, 5.41) is 7.92. The van der Waals surface area contributed by atoms with Gasteiger partial charge in [0.05, 0.1) is 19.0 Å². The molecular formula is C18H21ClN4O2. The normalized spacial score (nSPS) is 15.1. The van der Waals surface area contributed by atoms with Gasteiger partial charge >= 0.3 is 0 Å². The number of ether oxygens (including phenoxy) is 1. The molecule has 0 unspecified atom stereocenters. The van der Waals surface area contributed by atoms with Gasteiger partial charge in [-0.05, 0) is 32.0 Å². The Morgan fingerprint density at radius 2 is 1.96 bits per heavy atom. The molecule has 0 radical (unpaired) electrons. The van der Waals surface area contributed by atoms with Crippen LogP contribution in [-0.4, -0.2) is 34.8 Å². The van der Waals surface area contributed by atoms with Crippen LogP contribution >= 0.6 is 12.4 Å². The number of rotatable bonds is 3. The van der Waals surface area contributed by atoms with Crippen molar-refractivity contribution < 1.29 is 4.74 Å². The molecule has 1 aliphatic heterocycles. The molecule has 1 saturated heterocycles. The maximum atomic E-state index is 12.2. The van der Waals surface area contributed by atoms with Gasteiger partial charge in [0.1, 0.15) is 11.4 Å². The monoisotopic (exact) mass is 360 g/mol. The Morgan fingerprint density at radius 3 is 2.72 bits per heavy atom. The van der Waals surface area contributed by atoms with E-state index in [-0.39, 0.29) is 18.0 Å². The summed E-state index contributed by atoms with van der Waals surface area (Å²) in [6.45, 7) is 1.94. The zero-order chi connectivity index (χ0) is 16.5. The lowest BCUT2D eigenvalue weighted by Gasteiger charge is -2.23. The molecule has 3 heterocycles. The predicted molar refractivity (Wildman–Crippen MR) is 99.9 cm³/mol. The molecule has 0 spiro atoms. The third-order valence-corrected chi connectivity index (χ3v) is 4.69. The number of halogens is 1. The number of benzene rings is 1. The van der Waals surface area contributed by atoms with Crippen molar-refractivity contribution in [1.29, 1.82) is 0 Å². The standard InChI is InChI=1S/C18H20N4O2.ClH/c1-24-16-5-3-2-4-13(16)14-11-20-22-15(10-17(23)21-18(14)22)12-6-8-19-9-7-12;/h2-5,10-12,19H,6-9H2,1H3,(H,21,23);1H. The quantitative estimate of drug-likeness (QED) is 0.753. The van der Waals surface area contributed by atoms with Gasteiger partial charge in [0.25, 0.3) is 5.56 Å². The van der Waals surface area contributed by atoms with Crippen molar-refractivity contribution in [3.05, 3.63) is 52.6 Å². The summed E-state index contributed by atoms with van der Waals surface area (Å²) in [6, 6.07) is 9.45. The Balaban J connectivity index is 0.00000182. The minimum atomic E-state index is -0.0901. The minimum absolute atomic E-state index is 0. The molecule has 1 aromatic carbocycles. The number of para-hydroxylation sites is 1. The topological polar surface area (TPSA) is 71.4 Å². The lowest BCUT2D eigenvalue weighted by molar-refractivity contribution is 0.416. The SMILES string of the molecule is COc1ccccc1-c1cnn2c(C3CCNCC3)cc(=O)[nH]c12.Cl. The van der Waals surface area contributed by atoms with E-state index in [1.165, 1.54) is 0 Å². The summed E-state index contributed by atoms with van der Waals surface area (Å²) in [4.78, 5) is 15.2. The van der Waals surface area contributed by atoms with Crippen molar-refractivity contribution >= 4 is 18.1 Å². The predicted octanol–water partition coefficient (Wildman–Crippen LogP) is 2.59. The van der Waals surface area contributed by atoms with Crippen LogP contribution < -0.4 is 15.6 Å². The fourth-order valence-corrected chi connectivity index (χ4v) is 3.49. The Kier molecular flexibility index (Phi) is 5.11. The number of nitrogens with one attached hydrogen (secondary N) is 2.